The molecule has 0 amide bonds. The normalized spacial score (nSPS) is 18.8. The largest absolute Gasteiger partial charge is 0.353 e. The molecule has 0 bridgehead atoms. The van der Waals surface area contributed by atoms with Gasteiger partial charge in [-0.25, -0.2) is 9.97 Å². The molecule has 102 valence electrons. The van der Waals surface area contributed by atoms with E-state index >= 15 is 0 Å². The number of hydrogen-bond acceptors (Lipinski definition) is 7. The molecule has 0 N–H and O–H groups in total. The van der Waals surface area contributed by atoms with Gasteiger partial charge in [-0.1, -0.05) is 5.16 Å². The highest BCUT2D eigenvalue weighted by Crippen LogP contribution is 2.28. The van der Waals surface area contributed by atoms with Gasteiger partial charge in [-0.3, -0.25) is 0 Å². The molecule has 1 aliphatic heterocycles. The van der Waals surface area contributed by atoms with E-state index in [0.717, 1.165) is 31.8 Å². The predicted molar refractivity (Wildman–Crippen MR) is 70.0 cm³/mol. The molecule has 7 heteroatoms. The summed E-state index contributed by atoms with van der Waals surface area (Å²) in [5, 5.41) is 13.1. The van der Waals surface area contributed by atoms with Crippen molar-refractivity contribution >= 4 is 5.82 Å². The van der Waals surface area contributed by atoms with Crippen LogP contribution in [0.25, 0.3) is 0 Å². The quantitative estimate of drug-likeness (QED) is 0.814. The first-order chi connectivity index (χ1) is 9.78. The minimum Gasteiger partial charge on any atom is -0.353 e. The maximum Gasteiger partial charge on any atom is 0.223 e. The lowest BCUT2D eigenvalue weighted by Crippen LogP contribution is -2.36. The third-order valence-electron chi connectivity index (χ3n) is 3.41. The number of aryl methyl sites for hydroxylation is 1. The van der Waals surface area contributed by atoms with Gasteiger partial charge in [0.2, 0.25) is 5.89 Å². The van der Waals surface area contributed by atoms with Crippen LogP contribution in [0.3, 0.4) is 0 Å². The Morgan fingerprint density at radius 1 is 1.40 bits per heavy atom. The molecule has 0 aromatic carbocycles. The molecule has 0 radical (unpaired) electrons. The van der Waals surface area contributed by atoms with Gasteiger partial charge in [-0.2, -0.15) is 10.2 Å². The number of nitriles is 1. The average Bonchev–Trinajstić information content (AvgIpc) is 2.94. The summed E-state index contributed by atoms with van der Waals surface area (Å²) in [5.74, 6) is 2.15. The van der Waals surface area contributed by atoms with Gasteiger partial charge < -0.3 is 9.42 Å². The van der Waals surface area contributed by atoms with E-state index in [0.29, 0.717) is 17.4 Å². The van der Waals surface area contributed by atoms with E-state index < -0.39 is 0 Å². The third-order valence-corrected chi connectivity index (χ3v) is 3.41. The minimum absolute atomic E-state index is 0.203. The zero-order chi connectivity index (χ0) is 13.9. The molecule has 20 heavy (non-hydrogen) atoms. The van der Waals surface area contributed by atoms with Crippen LogP contribution in [0.1, 0.15) is 36.2 Å². The number of aromatic nitrogens is 4. The molecule has 3 rings (SSSR count). The van der Waals surface area contributed by atoms with Gasteiger partial charge in [0.05, 0.1) is 0 Å². The smallest absolute Gasteiger partial charge is 0.223 e. The molecule has 2 aromatic rings. The maximum absolute atomic E-state index is 9.12. The molecule has 2 aromatic heterocycles. The van der Waals surface area contributed by atoms with Gasteiger partial charge in [-0.05, 0) is 12.8 Å². The zero-order valence-electron chi connectivity index (χ0n) is 11.2. The van der Waals surface area contributed by atoms with E-state index in [2.05, 4.69) is 31.1 Å². The SMILES string of the molecule is Cc1nc(C2CCCN(c3nccnc3C#N)C2)no1. The van der Waals surface area contributed by atoms with Gasteiger partial charge in [-0.15, -0.1) is 0 Å². The molecule has 1 aliphatic rings. The third kappa shape index (κ3) is 2.32. The highest BCUT2D eigenvalue weighted by atomic mass is 16.5. The lowest BCUT2D eigenvalue weighted by molar-refractivity contribution is 0.376. The van der Waals surface area contributed by atoms with Crippen LogP contribution >= 0.6 is 0 Å². The van der Waals surface area contributed by atoms with E-state index in [1.807, 2.05) is 0 Å². The lowest BCUT2D eigenvalue weighted by atomic mass is 9.97. The van der Waals surface area contributed by atoms with Gasteiger partial charge in [0, 0.05) is 38.3 Å². The van der Waals surface area contributed by atoms with E-state index in [1.54, 1.807) is 13.1 Å². The Labute approximate surface area is 116 Å². The van der Waals surface area contributed by atoms with Gasteiger partial charge >= 0.3 is 0 Å². The Kier molecular flexibility index (Phi) is 3.29. The second-order valence-electron chi connectivity index (χ2n) is 4.80. The predicted octanol–water partition coefficient (Wildman–Crippen LogP) is 1.42. The monoisotopic (exact) mass is 270 g/mol. The number of anilines is 1. The van der Waals surface area contributed by atoms with Crippen molar-refractivity contribution in [2.24, 2.45) is 0 Å². The van der Waals surface area contributed by atoms with Crippen molar-refractivity contribution in [3.63, 3.8) is 0 Å². The maximum atomic E-state index is 9.12. The molecule has 1 unspecified atom stereocenters. The summed E-state index contributed by atoms with van der Waals surface area (Å²) in [6.07, 6.45) is 5.15. The highest BCUT2D eigenvalue weighted by molar-refractivity contribution is 5.50. The molecular formula is C13H14N6O. The van der Waals surface area contributed by atoms with E-state index in [-0.39, 0.29) is 5.92 Å². The standard InChI is InChI=1S/C13H14N6O/c1-9-17-12(18-20-9)10-3-2-6-19(8-10)13-11(7-14)15-4-5-16-13/h4-5,10H,2-3,6,8H2,1H3. The van der Waals surface area contributed by atoms with E-state index in [4.69, 9.17) is 9.78 Å². The van der Waals surface area contributed by atoms with Crippen molar-refractivity contribution in [1.82, 2.24) is 20.1 Å². The summed E-state index contributed by atoms with van der Waals surface area (Å²) in [7, 11) is 0. The van der Waals surface area contributed by atoms with Crippen LogP contribution in [0.5, 0.6) is 0 Å². The van der Waals surface area contributed by atoms with Crippen LogP contribution in [0.4, 0.5) is 5.82 Å². The first kappa shape index (κ1) is 12.5. The first-order valence-electron chi connectivity index (χ1n) is 6.54. The van der Waals surface area contributed by atoms with Gasteiger partial charge in [0.25, 0.3) is 0 Å². The van der Waals surface area contributed by atoms with Gasteiger partial charge in [0.1, 0.15) is 6.07 Å². The molecule has 0 spiro atoms. The Balaban J connectivity index is 1.83. The van der Waals surface area contributed by atoms with Crippen molar-refractivity contribution in [2.45, 2.75) is 25.7 Å². The Hall–Kier alpha value is -2.49. The van der Waals surface area contributed by atoms with Crippen molar-refractivity contribution in [2.75, 3.05) is 18.0 Å². The summed E-state index contributed by atoms with van der Waals surface area (Å²) in [6.45, 7) is 3.38. The summed E-state index contributed by atoms with van der Waals surface area (Å²) in [5.41, 5.74) is 0.359. The fourth-order valence-corrected chi connectivity index (χ4v) is 2.50. The molecule has 7 nitrogen and oxygen atoms in total. The number of piperidine rings is 1. The summed E-state index contributed by atoms with van der Waals surface area (Å²) < 4.78 is 5.04. The zero-order valence-corrected chi connectivity index (χ0v) is 11.2. The molecule has 1 fully saturated rings. The van der Waals surface area contributed by atoms with E-state index in [1.165, 1.54) is 6.20 Å². The lowest BCUT2D eigenvalue weighted by Gasteiger charge is -2.32. The molecule has 0 saturated carbocycles. The van der Waals surface area contributed by atoms with Crippen molar-refractivity contribution in [1.29, 1.82) is 5.26 Å². The fourth-order valence-electron chi connectivity index (χ4n) is 2.50. The molecular weight excluding hydrogens is 256 g/mol. The number of nitrogens with zero attached hydrogens (tertiary/aromatic N) is 6. The van der Waals surface area contributed by atoms with Crippen molar-refractivity contribution in [3.8, 4) is 6.07 Å². The van der Waals surface area contributed by atoms with Crippen LogP contribution in [-0.2, 0) is 0 Å². The summed E-state index contributed by atoms with van der Waals surface area (Å²) >= 11 is 0. The minimum atomic E-state index is 0.203. The number of hydrogen-bond donors (Lipinski definition) is 0. The van der Waals surface area contributed by atoms with Crippen molar-refractivity contribution in [3.05, 3.63) is 29.8 Å². The molecule has 0 aliphatic carbocycles. The Morgan fingerprint density at radius 2 is 2.25 bits per heavy atom. The second kappa shape index (κ2) is 5.25. The molecule has 1 saturated heterocycles. The van der Waals surface area contributed by atoms with Crippen LogP contribution in [0.15, 0.2) is 16.9 Å². The summed E-state index contributed by atoms with van der Waals surface area (Å²) in [6, 6.07) is 2.09. The molecule has 3 heterocycles. The first-order valence-corrected chi connectivity index (χ1v) is 6.54. The summed E-state index contributed by atoms with van der Waals surface area (Å²) in [4.78, 5) is 14.7. The van der Waals surface area contributed by atoms with Gasteiger partial charge in [0.15, 0.2) is 17.3 Å². The van der Waals surface area contributed by atoms with Crippen LogP contribution in [-0.4, -0.2) is 33.2 Å². The fraction of sp³-hybridized carbons (Fsp3) is 0.462. The average molecular weight is 270 g/mol. The second-order valence-corrected chi connectivity index (χ2v) is 4.80. The van der Waals surface area contributed by atoms with E-state index in [9.17, 15) is 0 Å². The van der Waals surface area contributed by atoms with Crippen LogP contribution < -0.4 is 4.90 Å². The highest BCUT2D eigenvalue weighted by Gasteiger charge is 2.27. The van der Waals surface area contributed by atoms with Crippen LogP contribution in [0.2, 0.25) is 0 Å². The molecule has 1 atom stereocenters. The number of rotatable bonds is 2. The Bertz CT molecular complexity index is 646. The van der Waals surface area contributed by atoms with Crippen LogP contribution in [0, 0.1) is 18.3 Å². The van der Waals surface area contributed by atoms with Crippen molar-refractivity contribution < 1.29 is 4.52 Å². The Morgan fingerprint density at radius 3 is 3.00 bits per heavy atom. The topological polar surface area (TPSA) is 91.7 Å².